The fraction of sp³-hybridized carbons (Fsp3) is 0.316. The number of ether oxygens (including phenoxy) is 1. The van der Waals surface area contributed by atoms with Crippen LogP contribution in [0.4, 0.5) is 11.4 Å². The molecule has 27 heavy (non-hydrogen) atoms. The number of carbonyl (C=O) groups excluding carboxylic acids is 1. The van der Waals surface area contributed by atoms with Gasteiger partial charge in [0.1, 0.15) is 0 Å². The summed E-state index contributed by atoms with van der Waals surface area (Å²) < 4.78 is 32.1. The van der Waals surface area contributed by atoms with Crippen LogP contribution in [0.2, 0.25) is 0 Å². The van der Waals surface area contributed by atoms with Gasteiger partial charge in [-0.1, -0.05) is 17.7 Å². The Hall–Kier alpha value is -2.42. The Morgan fingerprint density at radius 2 is 1.67 bits per heavy atom. The van der Waals surface area contributed by atoms with Crippen molar-refractivity contribution in [3.8, 4) is 0 Å². The summed E-state index contributed by atoms with van der Waals surface area (Å²) in [6.45, 7) is 4.64. The van der Waals surface area contributed by atoms with E-state index < -0.39 is 15.9 Å². The Labute approximate surface area is 159 Å². The molecule has 0 aliphatic carbocycles. The molecule has 1 fully saturated rings. The summed E-state index contributed by atoms with van der Waals surface area (Å²) in [4.78, 5) is 14.4. The first-order chi connectivity index (χ1) is 12.9. The highest BCUT2D eigenvalue weighted by atomic mass is 32.2. The largest absolute Gasteiger partial charge is 0.378 e. The maximum atomic E-state index is 12.2. The van der Waals surface area contributed by atoms with Gasteiger partial charge in [0, 0.05) is 24.5 Å². The molecule has 3 rings (SSSR count). The van der Waals surface area contributed by atoms with Crippen molar-refractivity contribution in [2.24, 2.45) is 0 Å². The second-order valence-electron chi connectivity index (χ2n) is 6.33. The van der Waals surface area contributed by atoms with Crippen molar-refractivity contribution in [3.63, 3.8) is 0 Å². The van der Waals surface area contributed by atoms with Crippen molar-refractivity contribution >= 4 is 27.3 Å². The smallest absolute Gasteiger partial charge is 0.241 e. The lowest BCUT2D eigenvalue weighted by Crippen LogP contribution is -2.36. The number of nitrogens with one attached hydrogen (secondary N) is 2. The van der Waals surface area contributed by atoms with Crippen LogP contribution in [0.5, 0.6) is 0 Å². The monoisotopic (exact) mass is 389 g/mol. The standard InChI is InChI=1S/C19H23N3O4S/c1-15-2-8-18(9-3-15)27(24,25)20-14-19(23)21-16-4-6-17(7-5-16)22-10-12-26-13-11-22/h2-9,20H,10-14H2,1H3,(H,21,23). The molecule has 0 atom stereocenters. The normalized spacial score (nSPS) is 14.8. The zero-order valence-electron chi connectivity index (χ0n) is 15.1. The molecule has 8 heteroatoms. The Morgan fingerprint density at radius 1 is 1.04 bits per heavy atom. The van der Waals surface area contributed by atoms with Crippen LogP contribution in [0.3, 0.4) is 0 Å². The highest BCUT2D eigenvalue weighted by molar-refractivity contribution is 7.89. The molecule has 2 aromatic carbocycles. The van der Waals surface area contributed by atoms with Crippen molar-refractivity contribution < 1.29 is 17.9 Å². The molecule has 1 aliphatic heterocycles. The number of sulfonamides is 1. The van der Waals surface area contributed by atoms with Gasteiger partial charge in [-0.25, -0.2) is 13.1 Å². The van der Waals surface area contributed by atoms with E-state index >= 15 is 0 Å². The minimum atomic E-state index is -3.71. The summed E-state index contributed by atoms with van der Waals surface area (Å²) in [6, 6.07) is 13.9. The first kappa shape index (κ1) is 19.3. The number of benzene rings is 2. The molecular formula is C19H23N3O4S. The van der Waals surface area contributed by atoms with Gasteiger partial charge in [-0.3, -0.25) is 4.79 Å². The van der Waals surface area contributed by atoms with Crippen molar-refractivity contribution in [1.82, 2.24) is 4.72 Å². The quantitative estimate of drug-likeness (QED) is 0.786. The van der Waals surface area contributed by atoms with E-state index in [1.165, 1.54) is 12.1 Å². The summed E-state index contributed by atoms with van der Waals surface area (Å²) in [5.41, 5.74) is 2.65. The van der Waals surface area contributed by atoms with E-state index in [0.717, 1.165) is 24.3 Å². The third-order valence-corrected chi connectivity index (χ3v) is 5.70. The predicted molar refractivity (Wildman–Crippen MR) is 104 cm³/mol. The number of hydrogen-bond donors (Lipinski definition) is 2. The Bertz CT molecular complexity index is 874. The molecule has 1 heterocycles. The van der Waals surface area contributed by atoms with Gasteiger partial charge in [0.05, 0.1) is 24.7 Å². The molecule has 0 spiro atoms. The average molecular weight is 389 g/mol. The molecule has 0 unspecified atom stereocenters. The molecule has 7 nitrogen and oxygen atoms in total. The molecule has 1 aliphatic rings. The molecule has 2 aromatic rings. The number of aryl methyl sites for hydroxylation is 1. The molecule has 0 bridgehead atoms. The number of morpholine rings is 1. The van der Waals surface area contributed by atoms with Gasteiger partial charge in [-0.15, -0.1) is 0 Å². The van der Waals surface area contributed by atoms with Gasteiger partial charge >= 0.3 is 0 Å². The lowest BCUT2D eigenvalue weighted by Gasteiger charge is -2.28. The molecular weight excluding hydrogens is 366 g/mol. The van der Waals surface area contributed by atoms with Crippen LogP contribution >= 0.6 is 0 Å². The zero-order chi connectivity index (χ0) is 19.3. The summed E-state index contributed by atoms with van der Waals surface area (Å²) in [7, 11) is -3.71. The predicted octanol–water partition coefficient (Wildman–Crippen LogP) is 1.75. The number of amides is 1. The first-order valence-electron chi connectivity index (χ1n) is 8.73. The van der Waals surface area contributed by atoms with Crippen LogP contribution in [0.25, 0.3) is 0 Å². The third kappa shape index (κ3) is 5.29. The number of anilines is 2. The lowest BCUT2D eigenvalue weighted by atomic mass is 10.2. The van der Waals surface area contributed by atoms with Crippen LogP contribution < -0.4 is 14.9 Å². The van der Waals surface area contributed by atoms with Crippen LogP contribution in [0.15, 0.2) is 53.4 Å². The Balaban J connectivity index is 1.53. The van der Waals surface area contributed by atoms with Gasteiger partial charge in [0.15, 0.2) is 0 Å². The van der Waals surface area contributed by atoms with Crippen LogP contribution in [0.1, 0.15) is 5.56 Å². The van der Waals surface area contributed by atoms with Crippen LogP contribution in [0, 0.1) is 6.92 Å². The Kier molecular flexibility index (Phi) is 6.10. The van der Waals surface area contributed by atoms with Crippen molar-refractivity contribution in [2.75, 3.05) is 43.1 Å². The SMILES string of the molecule is Cc1ccc(S(=O)(=O)NCC(=O)Nc2ccc(N3CCOCC3)cc2)cc1. The molecule has 144 valence electrons. The second-order valence-corrected chi connectivity index (χ2v) is 8.10. The van der Waals surface area contributed by atoms with E-state index in [1.54, 1.807) is 24.3 Å². The van der Waals surface area contributed by atoms with Gasteiger partial charge in [-0.2, -0.15) is 0 Å². The first-order valence-corrected chi connectivity index (χ1v) is 10.2. The van der Waals surface area contributed by atoms with Crippen LogP contribution in [-0.4, -0.2) is 47.2 Å². The second kappa shape index (κ2) is 8.51. The van der Waals surface area contributed by atoms with Gasteiger partial charge < -0.3 is 15.0 Å². The molecule has 1 saturated heterocycles. The van der Waals surface area contributed by atoms with E-state index in [1.807, 2.05) is 19.1 Å². The van der Waals surface area contributed by atoms with E-state index in [4.69, 9.17) is 4.74 Å². The van der Waals surface area contributed by atoms with E-state index in [-0.39, 0.29) is 11.4 Å². The molecule has 2 N–H and O–H groups in total. The fourth-order valence-corrected chi connectivity index (χ4v) is 3.73. The minimum Gasteiger partial charge on any atom is -0.378 e. The van der Waals surface area contributed by atoms with Crippen LogP contribution in [-0.2, 0) is 19.6 Å². The number of hydrogen-bond acceptors (Lipinski definition) is 5. The van der Waals surface area contributed by atoms with Crippen molar-refractivity contribution in [2.45, 2.75) is 11.8 Å². The van der Waals surface area contributed by atoms with E-state index in [9.17, 15) is 13.2 Å². The van der Waals surface area contributed by atoms with Gasteiger partial charge in [-0.05, 0) is 43.3 Å². The zero-order valence-corrected chi connectivity index (χ0v) is 16.0. The lowest BCUT2D eigenvalue weighted by molar-refractivity contribution is -0.115. The highest BCUT2D eigenvalue weighted by Gasteiger charge is 2.15. The van der Waals surface area contributed by atoms with Crippen molar-refractivity contribution in [1.29, 1.82) is 0 Å². The highest BCUT2D eigenvalue weighted by Crippen LogP contribution is 2.19. The summed E-state index contributed by atoms with van der Waals surface area (Å²) in [5, 5.41) is 2.70. The molecule has 0 aromatic heterocycles. The molecule has 1 amide bonds. The molecule has 0 saturated carbocycles. The minimum absolute atomic E-state index is 0.135. The fourth-order valence-electron chi connectivity index (χ4n) is 2.74. The number of carbonyl (C=O) groups is 1. The molecule has 0 radical (unpaired) electrons. The topological polar surface area (TPSA) is 87.7 Å². The Morgan fingerprint density at radius 3 is 2.30 bits per heavy atom. The average Bonchev–Trinajstić information content (AvgIpc) is 2.68. The number of nitrogens with zero attached hydrogens (tertiary/aromatic N) is 1. The van der Waals surface area contributed by atoms with E-state index in [2.05, 4.69) is 14.9 Å². The van der Waals surface area contributed by atoms with Gasteiger partial charge in [0.25, 0.3) is 0 Å². The summed E-state index contributed by atoms with van der Waals surface area (Å²) >= 11 is 0. The van der Waals surface area contributed by atoms with Crippen molar-refractivity contribution in [3.05, 3.63) is 54.1 Å². The number of rotatable bonds is 6. The summed E-state index contributed by atoms with van der Waals surface area (Å²) in [5.74, 6) is -0.426. The van der Waals surface area contributed by atoms with E-state index in [0.29, 0.717) is 18.9 Å². The maximum absolute atomic E-state index is 12.2. The van der Waals surface area contributed by atoms with Gasteiger partial charge in [0.2, 0.25) is 15.9 Å². The maximum Gasteiger partial charge on any atom is 0.241 e. The third-order valence-electron chi connectivity index (χ3n) is 4.28. The summed E-state index contributed by atoms with van der Waals surface area (Å²) in [6.07, 6.45) is 0.